The van der Waals surface area contributed by atoms with Crippen LogP contribution in [0.2, 0.25) is 0 Å². The van der Waals surface area contributed by atoms with Crippen LogP contribution in [0.4, 0.5) is 17.1 Å². The summed E-state index contributed by atoms with van der Waals surface area (Å²) in [6.45, 7) is 2.01. The highest BCUT2D eigenvalue weighted by Gasteiger charge is 2.29. The summed E-state index contributed by atoms with van der Waals surface area (Å²) in [5.41, 5.74) is 4.81. The molecule has 0 saturated carbocycles. The zero-order valence-corrected chi connectivity index (χ0v) is 17.2. The maximum Gasteiger partial charge on any atom is 0.317 e. The number of carbonyl (C=O) groups excluding carboxylic acids is 1. The molecule has 0 spiro atoms. The Labute approximate surface area is 176 Å². The van der Waals surface area contributed by atoms with E-state index in [1.807, 2.05) is 104 Å². The van der Waals surface area contributed by atoms with Crippen molar-refractivity contribution in [2.75, 3.05) is 23.9 Å². The molecule has 0 bridgehead atoms. The maximum absolute atomic E-state index is 12.6. The number of amidine groups is 1. The number of benzene rings is 3. The molecule has 1 amide bonds. The molecule has 4 rings (SSSR count). The Morgan fingerprint density at radius 3 is 1.97 bits per heavy atom. The fourth-order valence-corrected chi connectivity index (χ4v) is 3.26. The van der Waals surface area contributed by atoms with Gasteiger partial charge in [-0.2, -0.15) is 4.99 Å². The summed E-state index contributed by atoms with van der Waals surface area (Å²) in [4.78, 5) is 20.7. The van der Waals surface area contributed by atoms with E-state index in [-0.39, 0.29) is 11.8 Å². The van der Waals surface area contributed by atoms with Gasteiger partial charge >= 0.3 is 11.9 Å². The Morgan fingerprint density at radius 2 is 1.43 bits per heavy atom. The van der Waals surface area contributed by atoms with Crippen LogP contribution in [-0.2, 0) is 9.53 Å². The van der Waals surface area contributed by atoms with Crippen LogP contribution in [0.25, 0.3) is 6.08 Å². The van der Waals surface area contributed by atoms with E-state index in [1.54, 1.807) is 6.08 Å². The van der Waals surface area contributed by atoms with E-state index in [2.05, 4.69) is 11.1 Å². The van der Waals surface area contributed by atoms with Gasteiger partial charge in [-0.3, -0.25) is 9.69 Å². The lowest BCUT2D eigenvalue weighted by Crippen LogP contribution is -2.25. The van der Waals surface area contributed by atoms with Crippen LogP contribution < -0.4 is 9.80 Å². The summed E-state index contributed by atoms with van der Waals surface area (Å²) < 4.78 is 5.96. The van der Waals surface area contributed by atoms with Crippen molar-refractivity contribution in [3.63, 3.8) is 0 Å². The van der Waals surface area contributed by atoms with Gasteiger partial charge in [-0.15, -0.1) is 0 Å². The van der Waals surface area contributed by atoms with Crippen molar-refractivity contribution in [2.24, 2.45) is 4.99 Å². The Morgan fingerprint density at radius 1 is 0.833 bits per heavy atom. The minimum Gasteiger partial charge on any atom is -0.419 e. The van der Waals surface area contributed by atoms with Crippen LogP contribution in [0.3, 0.4) is 0 Å². The second-order valence-corrected chi connectivity index (χ2v) is 7.25. The van der Waals surface area contributed by atoms with E-state index in [9.17, 15) is 4.79 Å². The summed E-state index contributed by atoms with van der Waals surface area (Å²) in [6, 6.07) is 25.8. The van der Waals surface area contributed by atoms with Crippen molar-refractivity contribution >= 4 is 35.1 Å². The van der Waals surface area contributed by atoms with Crippen molar-refractivity contribution in [1.82, 2.24) is 0 Å². The van der Waals surface area contributed by atoms with Crippen LogP contribution in [-0.4, -0.2) is 26.0 Å². The Balaban J connectivity index is 1.67. The molecule has 0 aromatic heterocycles. The van der Waals surface area contributed by atoms with E-state index >= 15 is 0 Å². The molecule has 1 aliphatic heterocycles. The summed E-state index contributed by atoms with van der Waals surface area (Å²) in [7, 11) is 4.00. The lowest BCUT2D eigenvalue weighted by Gasteiger charge is -2.23. The second-order valence-electron chi connectivity index (χ2n) is 7.25. The van der Waals surface area contributed by atoms with Crippen LogP contribution in [0.15, 0.2) is 89.6 Å². The average Bonchev–Trinajstić information content (AvgIpc) is 3.11. The molecule has 150 valence electrons. The molecule has 5 heteroatoms. The maximum atomic E-state index is 12.6. The molecule has 0 radical (unpaired) electrons. The topological polar surface area (TPSA) is 45.1 Å². The summed E-state index contributed by atoms with van der Waals surface area (Å²) in [6.07, 6.45) is 1.75. The van der Waals surface area contributed by atoms with Crippen LogP contribution in [0.5, 0.6) is 0 Å². The number of hydrogen-bond donors (Lipinski definition) is 0. The summed E-state index contributed by atoms with van der Waals surface area (Å²) >= 11 is 0. The SMILES string of the molecule is Cc1cc(N(C)C)ccc1/C=C1/OC(N(c2ccccc2)c2ccccc2)=NC1=O. The average molecular weight is 397 g/mol. The number of para-hydroxylation sites is 2. The molecule has 0 atom stereocenters. The molecule has 0 aliphatic carbocycles. The van der Waals surface area contributed by atoms with Crippen molar-refractivity contribution in [2.45, 2.75) is 6.92 Å². The van der Waals surface area contributed by atoms with Crippen molar-refractivity contribution in [3.05, 3.63) is 95.7 Å². The molecule has 1 aliphatic rings. The zero-order chi connectivity index (χ0) is 21.1. The van der Waals surface area contributed by atoms with Crippen molar-refractivity contribution in [1.29, 1.82) is 0 Å². The molecule has 1 heterocycles. The van der Waals surface area contributed by atoms with Crippen LogP contribution in [0, 0.1) is 6.92 Å². The molecular formula is C25H23N3O2. The van der Waals surface area contributed by atoms with E-state index in [0.29, 0.717) is 0 Å². The Hall–Kier alpha value is -3.86. The van der Waals surface area contributed by atoms with Gasteiger partial charge in [0.15, 0.2) is 5.76 Å². The predicted octanol–water partition coefficient (Wildman–Crippen LogP) is 5.15. The first-order chi connectivity index (χ1) is 14.5. The first-order valence-electron chi connectivity index (χ1n) is 9.74. The van der Waals surface area contributed by atoms with Gasteiger partial charge in [-0.25, -0.2) is 0 Å². The molecule has 0 N–H and O–H groups in total. The third kappa shape index (κ3) is 3.96. The minimum absolute atomic E-state index is 0.211. The lowest BCUT2D eigenvalue weighted by molar-refractivity contribution is -0.115. The molecule has 5 nitrogen and oxygen atoms in total. The van der Waals surface area contributed by atoms with Gasteiger partial charge < -0.3 is 9.64 Å². The van der Waals surface area contributed by atoms with E-state index in [1.165, 1.54) is 0 Å². The number of carbonyl (C=O) groups is 1. The second kappa shape index (κ2) is 8.25. The first-order valence-corrected chi connectivity index (χ1v) is 9.74. The van der Waals surface area contributed by atoms with E-state index < -0.39 is 5.91 Å². The normalized spacial score (nSPS) is 14.4. The van der Waals surface area contributed by atoms with E-state index in [4.69, 9.17) is 4.74 Å². The number of ether oxygens (including phenoxy) is 1. The van der Waals surface area contributed by atoms with Gasteiger partial charge in [0.1, 0.15) is 0 Å². The molecule has 3 aromatic rings. The quantitative estimate of drug-likeness (QED) is 0.571. The Kier molecular flexibility index (Phi) is 5.35. The highest BCUT2D eigenvalue weighted by atomic mass is 16.5. The molecule has 0 saturated heterocycles. The lowest BCUT2D eigenvalue weighted by atomic mass is 10.1. The fraction of sp³-hybridized carbons (Fsp3) is 0.120. The zero-order valence-electron chi connectivity index (χ0n) is 17.2. The number of rotatable bonds is 4. The minimum atomic E-state index is -0.391. The molecule has 0 unspecified atom stereocenters. The van der Waals surface area contributed by atoms with Crippen LogP contribution >= 0.6 is 0 Å². The fourth-order valence-electron chi connectivity index (χ4n) is 3.26. The van der Waals surface area contributed by atoms with Crippen LogP contribution in [0.1, 0.15) is 11.1 Å². The van der Waals surface area contributed by atoms with E-state index in [0.717, 1.165) is 28.2 Å². The first kappa shape index (κ1) is 19.5. The number of nitrogens with zero attached hydrogens (tertiary/aromatic N) is 3. The van der Waals surface area contributed by atoms with Gasteiger partial charge in [0.2, 0.25) is 0 Å². The summed E-state index contributed by atoms with van der Waals surface area (Å²) in [5.74, 6) is -0.180. The van der Waals surface area contributed by atoms with Crippen molar-refractivity contribution in [3.8, 4) is 0 Å². The van der Waals surface area contributed by atoms with Gasteiger partial charge in [0.05, 0.1) is 11.4 Å². The predicted molar refractivity (Wildman–Crippen MR) is 122 cm³/mol. The van der Waals surface area contributed by atoms with Crippen molar-refractivity contribution < 1.29 is 9.53 Å². The van der Waals surface area contributed by atoms with Gasteiger partial charge in [-0.1, -0.05) is 42.5 Å². The third-order valence-corrected chi connectivity index (χ3v) is 4.89. The molecule has 30 heavy (non-hydrogen) atoms. The Bertz CT molecular complexity index is 1080. The molecular weight excluding hydrogens is 374 g/mol. The number of anilines is 3. The van der Waals surface area contributed by atoms with Gasteiger partial charge in [-0.05, 0) is 60.5 Å². The smallest absolute Gasteiger partial charge is 0.317 e. The monoisotopic (exact) mass is 397 g/mol. The molecule has 0 fully saturated rings. The number of aliphatic imine (C=N–C) groups is 1. The highest BCUT2D eigenvalue weighted by molar-refractivity contribution is 6.14. The standard InChI is InChI=1S/C25H23N3O2/c1-18-16-22(27(2)3)15-14-19(18)17-23-24(29)26-25(30-23)28(20-10-6-4-7-11-20)21-12-8-5-9-13-21/h4-17H,1-3H3/b23-17+. The molecule has 3 aromatic carbocycles. The third-order valence-electron chi connectivity index (χ3n) is 4.89. The number of aryl methyl sites for hydroxylation is 1. The van der Waals surface area contributed by atoms with Gasteiger partial charge in [0, 0.05) is 19.8 Å². The van der Waals surface area contributed by atoms with Gasteiger partial charge in [0.25, 0.3) is 0 Å². The number of amides is 1. The summed E-state index contributed by atoms with van der Waals surface area (Å²) in [5, 5.41) is 0. The number of hydrogen-bond acceptors (Lipinski definition) is 4. The largest absolute Gasteiger partial charge is 0.419 e. The highest BCUT2D eigenvalue weighted by Crippen LogP contribution is 2.30.